The van der Waals surface area contributed by atoms with Crippen molar-refractivity contribution in [1.82, 2.24) is 15.0 Å². The minimum absolute atomic E-state index is 0.0756. The van der Waals surface area contributed by atoms with Crippen LogP contribution in [-0.2, 0) is 39.8 Å². The third-order valence-electron chi connectivity index (χ3n) is 4.37. The lowest BCUT2D eigenvalue weighted by molar-refractivity contribution is -0.241. The topological polar surface area (TPSA) is 119 Å². The zero-order chi connectivity index (χ0) is 21.7. The normalized spacial score (nSPS) is 23.4. The number of hydrogen-bond acceptors (Lipinski definition) is 9. The zero-order valence-corrected chi connectivity index (χ0v) is 16.9. The maximum Gasteiger partial charge on any atom is 0.303 e. The Labute approximate surface area is 173 Å². The van der Waals surface area contributed by atoms with Crippen LogP contribution in [0.15, 0.2) is 36.5 Å². The van der Waals surface area contributed by atoms with E-state index in [1.54, 1.807) is 6.20 Å². The van der Waals surface area contributed by atoms with Gasteiger partial charge < -0.3 is 18.9 Å². The van der Waals surface area contributed by atoms with Crippen molar-refractivity contribution in [1.29, 1.82) is 0 Å². The second-order valence-electron chi connectivity index (χ2n) is 6.87. The van der Waals surface area contributed by atoms with Gasteiger partial charge in [0.2, 0.25) is 0 Å². The standard InChI is InChI=1S/C20H23N3O7/c1-12(24)28-17-11-27-20(19(30-14(3)26)18(17)29-13(2)25)23-10-16(21-22-23)9-15-7-5-4-6-8-15/h4-8,10,17-20H,9,11H2,1-3H3. The minimum atomic E-state index is -1.09. The van der Waals surface area contributed by atoms with Crippen LogP contribution in [0.3, 0.4) is 0 Å². The van der Waals surface area contributed by atoms with Gasteiger partial charge >= 0.3 is 17.9 Å². The van der Waals surface area contributed by atoms with Crippen molar-refractivity contribution in [3.8, 4) is 0 Å². The van der Waals surface area contributed by atoms with Crippen LogP contribution in [0.4, 0.5) is 0 Å². The van der Waals surface area contributed by atoms with Crippen molar-refractivity contribution >= 4 is 17.9 Å². The Bertz CT molecular complexity index is 899. The molecule has 10 nitrogen and oxygen atoms in total. The summed E-state index contributed by atoms with van der Waals surface area (Å²) >= 11 is 0. The molecule has 1 fully saturated rings. The van der Waals surface area contributed by atoms with Gasteiger partial charge in [-0.05, 0) is 5.56 Å². The first-order chi connectivity index (χ1) is 14.3. The van der Waals surface area contributed by atoms with Gasteiger partial charge in [0, 0.05) is 27.2 Å². The summed E-state index contributed by atoms with van der Waals surface area (Å²) < 4.78 is 23.1. The highest BCUT2D eigenvalue weighted by atomic mass is 16.6. The van der Waals surface area contributed by atoms with E-state index in [2.05, 4.69) is 10.3 Å². The predicted molar refractivity (Wildman–Crippen MR) is 101 cm³/mol. The summed E-state index contributed by atoms with van der Waals surface area (Å²) in [6.07, 6.45) is -1.77. The van der Waals surface area contributed by atoms with Crippen molar-refractivity contribution in [3.05, 3.63) is 47.8 Å². The third-order valence-corrected chi connectivity index (χ3v) is 4.37. The van der Waals surface area contributed by atoms with Gasteiger partial charge in [-0.2, -0.15) is 0 Å². The van der Waals surface area contributed by atoms with Gasteiger partial charge in [-0.3, -0.25) is 14.4 Å². The summed E-state index contributed by atoms with van der Waals surface area (Å²) in [5.74, 6) is -1.80. The maximum atomic E-state index is 11.7. The lowest BCUT2D eigenvalue weighted by atomic mass is 10.0. The molecule has 1 aromatic heterocycles. The Balaban J connectivity index is 1.86. The fraction of sp³-hybridized carbons (Fsp3) is 0.450. The molecule has 0 bridgehead atoms. The molecule has 3 rings (SSSR count). The fourth-order valence-corrected chi connectivity index (χ4v) is 3.27. The van der Waals surface area contributed by atoms with Crippen LogP contribution >= 0.6 is 0 Å². The Morgan fingerprint density at radius 1 is 1.00 bits per heavy atom. The van der Waals surface area contributed by atoms with Crippen molar-refractivity contribution < 1.29 is 33.3 Å². The van der Waals surface area contributed by atoms with Crippen LogP contribution in [0.2, 0.25) is 0 Å². The Morgan fingerprint density at radius 3 is 2.27 bits per heavy atom. The molecule has 1 aromatic carbocycles. The number of hydrogen-bond donors (Lipinski definition) is 0. The number of ether oxygens (including phenoxy) is 4. The average Bonchev–Trinajstić information content (AvgIpc) is 3.12. The van der Waals surface area contributed by atoms with E-state index in [1.165, 1.54) is 25.5 Å². The van der Waals surface area contributed by atoms with E-state index in [1.807, 2.05) is 30.3 Å². The average molecular weight is 417 g/mol. The lowest BCUT2D eigenvalue weighted by Crippen LogP contribution is -2.55. The number of carbonyl (C=O) groups excluding carboxylic acids is 3. The lowest BCUT2D eigenvalue weighted by Gasteiger charge is -2.40. The van der Waals surface area contributed by atoms with E-state index in [9.17, 15) is 14.4 Å². The van der Waals surface area contributed by atoms with Gasteiger partial charge in [0.15, 0.2) is 24.5 Å². The molecule has 1 aliphatic heterocycles. The molecule has 0 radical (unpaired) electrons. The number of rotatable bonds is 6. The summed E-state index contributed by atoms with van der Waals surface area (Å²) in [6.45, 7) is 3.59. The molecule has 4 atom stereocenters. The van der Waals surface area contributed by atoms with Gasteiger partial charge in [0.25, 0.3) is 0 Å². The first kappa shape index (κ1) is 21.4. The van der Waals surface area contributed by atoms with E-state index in [-0.39, 0.29) is 6.61 Å². The third kappa shape index (κ3) is 5.41. The quantitative estimate of drug-likeness (QED) is 0.504. The molecular weight excluding hydrogens is 394 g/mol. The van der Waals surface area contributed by atoms with Crippen LogP contribution < -0.4 is 0 Å². The molecule has 1 aliphatic rings. The molecule has 0 amide bonds. The molecule has 10 heteroatoms. The van der Waals surface area contributed by atoms with Crippen LogP contribution in [-0.4, -0.2) is 57.8 Å². The van der Waals surface area contributed by atoms with Crippen LogP contribution in [0.25, 0.3) is 0 Å². The highest BCUT2D eigenvalue weighted by molar-refractivity contribution is 5.68. The van der Waals surface area contributed by atoms with Crippen LogP contribution in [0.5, 0.6) is 0 Å². The Hall–Kier alpha value is -3.27. The molecule has 0 spiro atoms. The Kier molecular flexibility index (Phi) is 6.78. The van der Waals surface area contributed by atoms with Crippen molar-refractivity contribution in [3.63, 3.8) is 0 Å². The molecule has 4 unspecified atom stereocenters. The molecular formula is C20H23N3O7. The van der Waals surface area contributed by atoms with Crippen molar-refractivity contribution in [2.45, 2.75) is 51.7 Å². The van der Waals surface area contributed by atoms with E-state index in [0.717, 1.165) is 5.56 Å². The first-order valence-corrected chi connectivity index (χ1v) is 9.41. The predicted octanol–water partition coefficient (Wildman–Crippen LogP) is 1.19. The molecule has 0 saturated carbocycles. The smallest absolute Gasteiger partial charge is 0.303 e. The largest absolute Gasteiger partial charge is 0.456 e. The van der Waals surface area contributed by atoms with E-state index in [4.69, 9.17) is 18.9 Å². The SMILES string of the molecule is CC(=O)OC1COC(n2cc(Cc3ccccc3)nn2)C(OC(C)=O)C1OC(C)=O. The monoisotopic (exact) mass is 417 g/mol. The number of aromatic nitrogens is 3. The van der Waals surface area contributed by atoms with Crippen molar-refractivity contribution in [2.75, 3.05) is 6.61 Å². The summed E-state index contributed by atoms with van der Waals surface area (Å²) in [5, 5.41) is 8.25. The highest BCUT2D eigenvalue weighted by Gasteiger charge is 2.48. The highest BCUT2D eigenvalue weighted by Crippen LogP contribution is 2.30. The second kappa shape index (κ2) is 9.49. The molecule has 0 aliphatic carbocycles. The van der Waals surface area contributed by atoms with Gasteiger partial charge in [-0.15, -0.1) is 5.10 Å². The van der Waals surface area contributed by atoms with E-state index >= 15 is 0 Å². The van der Waals surface area contributed by atoms with Gasteiger partial charge in [0.1, 0.15) is 0 Å². The van der Waals surface area contributed by atoms with Gasteiger partial charge in [-0.25, -0.2) is 4.68 Å². The summed E-state index contributed by atoms with van der Waals surface area (Å²) in [4.78, 5) is 34.8. The van der Waals surface area contributed by atoms with E-state index in [0.29, 0.717) is 12.1 Å². The molecule has 160 valence electrons. The number of nitrogens with zero attached hydrogens (tertiary/aromatic N) is 3. The molecule has 2 heterocycles. The number of benzene rings is 1. The maximum absolute atomic E-state index is 11.7. The number of carbonyl (C=O) groups is 3. The molecule has 1 saturated heterocycles. The minimum Gasteiger partial charge on any atom is -0.456 e. The summed E-state index contributed by atoms with van der Waals surface area (Å²) in [7, 11) is 0. The summed E-state index contributed by atoms with van der Waals surface area (Å²) in [5.41, 5.74) is 1.73. The van der Waals surface area contributed by atoms with Crippen molar-refractivity contribution in [2.24, 2.45) is 0 Å². The van der Waals surface area contributed by atoms with Crippen LogP contribution in [0.1, 0.15) is 38.3 Å². The second-order valence-corrected chi connectivity index (χ2v) is 6.87. The number of esters is 3. The molecule has 0 N–H and O–H groups in total. The fourth-order valence-electron chi connectivity index (χ4n) is 3.27. The first-order valence-electron chi connectivity index (χ1n) is 9.41. The summed E-state index contributed by atoms with van der Waals surface area (Å²) in [6, 6.07) is 9.73. The van der Waals surface area contributed by atoms with Crippen LogP contribution in [0, 0.1) is 0 Å². The molecule has 30 heavy (non-hydrogen) atoms. The van der Waals surface area contributed by atoms with Gasteiger partial charge in [-0.1, -0.05) is 35.5 Å². The Morgan fingerprint density at radius 2 is 1.63 bits per heavy atom. The van der Waals surface area contributed by atoms with E-state index < -0.39 is 42.4 Å². The van der Waals surface area contributed by atoms with Gasteiger partial charge in [0.05, 0.1) is 18.5 Å². The molecule has 2 aromatic rings. The zero-order valence-electron chi connectivity index (χ0n) is 16.9.